The molecule has 0 aliphatic rings. The van der Waals surface area contributed by atoms with E-state index < -0.39 is 33.4 Å². The molecule has 0 saturated carbocycles. The average molecular weight is 286 g/mol. The second-order valence-corrected chi connectivity index (χ2v) is 5.55. The summed E-state index contributed by atoms with van der Waals surface area (Å²) in [7, 11) is -3.99. The van der Waals surface area contributed by atoms with Crippen LogP contribution < -0.4 is 4.72 Å². The van der Waals surface area contributed by atoms with E-state index in [1.807, 2.05) is 0 Å². The summed E-state index contributed by atoms with van der Waals surface area (Å²) in [6, 6.07) is 3.64. The summed E-state index contributed by atoms with van der Waals surface area (Å²) in [5, 5.41) is 17.2. The Morgan fingerprint density at radius 2 is 2.21 bits per heavy atom. The summed E-state index contributed by atoms with van der Waals surface area (Å²) < 4.78 is 39.1. The Bertz CT molecular complexity index is 637. The van der Waals surface area contributed by atoms with Crippen LogP contribution >= 0.6 is 0 Å². The van der Waals surface area contributed by atoms with Gasteiger partial charge in [-0.2, -0.15) is 5.26 Å². The first-order valence-corrected chi connectivity index (χ1v) is 6.68. The molecule has 1 aromatic carbocycles. The molecule has 1 unspecified atom stereocenters. The molecule has 0 aliphatic carbocycles. The van der Waals surface area contributed by atoms with E-state index in [-0.39, 0.29) is 11.3 Å². The zero-order chi connectivity index (χ0) is 14.6. The predicted molar refractivity (Wildman–Crippen MR) is 63.4 cm³/mol. The molecule has 19 heavy (non-hydrogen) atoms. The molecule has 0 aromatic heterocycles. The molecule has 6 nitrogen and oxygen atoms in total. The fourth-order valence-corrected chi connectivity index (χ4v) is 2.62. The zero-order valence-electron chi connectivity index (χ0n) is 9.92. The minimum Gasteiger partial charge on any atom is -0.478 e. The van der Waals surface area contributed by atoms with Gasteiger partial charge in [0.1, 0.15) is 5.82 Å². The number of carboxylic acid groups (broad SMARTS) is 1. The van der Waals surface area contributed by atoms with E-state index in [0.717, 1.165) is 18.2 Å². The maximum Gasteiger partial charge on any atom is 0.338 e. The number of halogens is 1. The molecule has 102 valence electrons. The minimum absolute atomic E-state index is 0.0355. The molecule has 0 heterocycles. The van der Waals surface area contributed by atoms with Crippen LogP contribution in [0, 0.1) is 17.1 Å². The number of carbonyl (C=O) groups is 1. The number of nitrogens with one attached hydrogen (secondary N) is 1. The number of sulfonamides is 1. The van der Waals surface area contributed by atoms with Crippen LogP contribution in [-0.2, 0) is 10.0 Å². The lowest BCUT2D eigenvalue weighted by Gasteiger charge is -2.11. The van der Waals surface area contributed by atoms with Crippen LogP contribution in [0.1, 0.15) is 23.7 Å². The molecule has 0 saturated heterocycles. The van der Waals surface area contributed by atoms with Gasteiger partial charge in [0.05, 0.1) is 22.9 Å². The van der Waals surface area contributed by atoms with Crippen molar-refractivity contribution in [2.75, 3.05) is 0 Å². The Hall–Kier alpha value is -1.98. The lowest BCUT2D eigenvalue weighted by molar-refractivity contribution is 0.0691. The van der Waals surface area contributed by atoms with Crippen LogP contribution in [0.5, 0.6) is 0 Å². The van der Waals surface area contributed by atoms with E-state index in [1.54, 1.807) is 6.07 Å². The topological polar surface area (TPSA) is 107 Å². The highest BCUT2D eigenvalue weighted by atomic mass is 32.2. The standard InChI is InChI=1S/C11H11FN2O4S/c1-7(4-5-13)14-19(17,18)8-2-3-10(12)9(6-8)11(15)16/h2-3,6-7,14H,4H2,1H3,(H,15,16). The quantitative estimate of drug-likeness (QED) is 0.843. The van der Waals surface area contributed by atoms with Gasteiger partial charge < -0.3 is 5.11 Å². The largest absolute Gasteiger partial charge is 0.478 e. The van der Waals surface area contributed by atoms with Crippen LogP contribution in [-0.4, -0.2) is 25.5 Å². The number of hydrogen-bond donors (Lipinski definition) is 2. The highest BCUT2D eigenvalue weighted by Gasteiger charge is 2.20. The third kappa shape index (κ3) is 3.74. The number of hydrogen-bond acceptors (Lipinski definition) is 4. The van der Waals surface area contributed by atoms with Gasteiger partial charge in [-0.05, 0) is 25.1 Å². The molecular weight excluding hydrogens is 275 g/mol. The summed E-state index contributed by atoms with van der Waals surface area (Å²) >= 11 is 0. The lowest BCUT2D eigenvalue weighted by Crippen LogP contribution is -2.32. The average Bonchev–Trinajstić information content (AvgIpc) is 2.28. The van der Waals surface area contributed by atoms with Gasteiger partial charge in [-0.15, -0.1) is 0 Å². The molecule has 0 bridgehead atoms. The van der Waals surface area contributed by atoms with Crippen molar-refractivity contribution in [1.29, 1.82) is 5.26 Å². The summed E-state index contributed by atoms with van der Waals surface area (Å²) in [5.41, 5.74) is -0.726. The summed E-state index contributed by atoms with van der Waals surface area (Å²) in [5.74, 6) is -2.57. The zero-order valence-corrected chi connectivity index (χ0v) is 10.7. The van der Waals surface area contributed by atoms with Crippen molar-refractivity contribution in [2.24, 2.45) is 0 Å². The number of nitriles is 1. The fourth-order valence-electron chi connectivity index (χ4n) is 1.35. The van der Waals surface area contributed by atoms with Gasteiger partial charge in [0.15, 0.2) is 0 Å². The Balaban J connectivity index is 3.13. The van der Waals surface area contributed by atoms with Crippen molar-refractivity contribution in [1.82, 2.24) is 4.72 Å². The van der Waals surface area contributed by atoms with Gasteiger partial charge in [0.2, 0.25) is 10.0 Å². The lowest BCUT2D eigenvalue weighted by atomic mass is 10.2. The van der Waals surface area contributed by atoms with E-state index in [0.29, 0.717) is 0 Å². The Morgan fingerprint density at radius 1 is 1.58 bits per heavy atom. The smallest absolute Gasteiger partial charge is 0.338 e. The maximum absolute atomic E-state index is 13.2. The molecule has 1 atom stereocenters. The van der Waals surface area contributed by atoms with Crippen molar-refractivity contribution in [3.63, 3.8) is 0 Å². The van der Waals surface area contributed by atoms with Crippen molar-refractivity contribution >= 4 is 16.0 Å². The Morgan fingerprint density at radius 3 is 2.74 bits per heavy atom. The van der Waals surface area contributed by atoms with E-state index in [2.05, 4.69) is 4.72 Å². The van der Waals surface area contributed by atoms with E-state index in [9.17, 15) is 17.6 Å². The van der Waals surface area contributed by atoms with Crippen molar-refractivity contribution in [3.8, 4) is 6.07 Å². The van der Waals surface area contributed by atoms with E-state index >= 15 is 0 Å². The van der Waals surface area contributed by atoms with Crippen LogP contribution in [0.15, 0.2) is 23.1 Å². The van der Waals surface area contributed by atoms with Gasteiger partial charge in [0, 0.05) is 6.04 Å². The molecule has 8 heteroatoms. The van der Waals surface area contributed by atoms with Crippen LogP contribution in [0.3, 0.4) is 0 Å². The number of rotatable bonds is 5. The van der Waals surface area contributed by atoms with Gasteiger partial charge in [-0.1, -0.05) is 0 Å². The highest BCUT2D eigenvalue weighted by molar-refractivity contribution is 7.89. The molecule has 0 aliphatic heterocycles. The number of nitrogens with zero attached hydrogens (tertiary/aromatic N) is 1. The van der Waals surface area contributed by atoms with Crippen LogP contribution in [0.2, 0.25) is 0 Å². The van der Waals surface area contributed by atoms with Gasteiger partial charge in [0.25, 0.3) is 0 Å². The van der Waals surface area contributed by atoms with Crippen LogP contribution in [0.4, 0.5) is 4.39 Å². The molecule has 1 rings (SSSR count). The molecule has 0 fully saturated rings. The van der Waals surface area contributed by atoms with Crippen molar-refractivity contribution < 1.29 is 22.7 Å². The molecule has 1 aromatic rings. The first-order valence-electron chi connectivity index (χ1n) is 5.20. The van der Waals surface area contributed by atoms with Gasteiger partial charge in [-0.25, -0.2) is 22.3 Å². The molecule has 0 amide bonds. The Kier molecular flexibility index (Phi) is 4.58. The fraction of sp³-hybridized carbons (Fsp3) is 0.273. The third-order valence-corrected chi connectivity index (χ3v) is 3.82. The Labute approximate surface area is 109 Å². The van der Waals surface area contributed by atoms with Gasteiger partial charge >= 0.3 is 5.97 Å². The highest BCUT2D eigenvalue weighted by Crippen LogP contribution is 2.15. The van der Waals surface area contributed by atoms with Gasteiger partial charge in [-0.3, -0.25) is 0 Å². The SMILES string of the molecule is CC(CC#N)NS(=O)(=O)c1ccc(F)c(C(=O)O)c1. The normalized spacial score (nSPS) is 12.7. The monoisotopic (exact) mass is 286 g/mol. The summed E-state index contributed by atoms with van der Waals surface area (Å²) in [6.45, 7) is 1.49. The minimum atomic E-state index is -3.99. The first-order chi connectivity index (χ1) is 8.77. The number of benzene rings is 1. The summed E-state index contributed by atoms with van der Waals surface area (Å²) in [4.78, 5) is 10.4. The van der Waals surface area contributed by atoms with E-state index in [1.165, 1.54) is 6.92 Å². The maximum atomic E-state index is 13.2. The summed E-state index contributed by atoms with van der Waals surface area (Å²) in [6.07, 6.45) is -0.0355. The predicted octanol–water partition coefficient (Wildman–Crippen LogP) is 1.10. The molecular formula is C11H11FN2O4S. The molecule has 0 radical (unpaired) electrons. The first kappa shape index (κ1) is 15.1. The second-order valence-electron chi connectivity index (χ2n) is 3.83. The van der Waals surface area contributed by atoms with Crippen LogP contribution in [0.25, 0.3) is 0 Å². The van der Waals surface area contributed by atoms with Crippen molar-refractivity contribution in [2.45, 2.75) is 24.3 Å². The second kappa shape index (κ2) is 5.77. The van der Waals surface area contributed by atoms with Crippen molar-refractivity contribution in [3.05, 3.63) is 29.6 Å². The molecule has 0 spiro atoms. The molecule has 2 N–H and O–H groups in total. The number of carboxylic acids is 1. The van der Waals surface area contributed by atoms with E-state index in [4.69, 9.17) is 10.4 Å². The third-order valence-electron chi connectivity index (χ3n) is 2.23. The number of aromatic carboxylic acids is 1.